The summed E-state index contributed by atoms with van der Waals surface area (Å²) in [5, 5.41) is 29.7. The molecule has 3 unspecified atom stereocenters. The molecule has 3 aliphatic rings. The molecule has 0 bridgehead atoms. The first-order valence-electron chi connectivity index (χ1n) is 6.64. The van der Waals surface area contributed by atoms with Crippen LogP contribution in [0.4, 0.5) is 0 Å². The molecule has 0 aliphatic carbocycles. The number of rotatable bonds is 2. The maximum atomic E-state index is 11.8. The first-order chi connectivity index (χ1) is 10.4. The zero-order valence-electron chi connectivity index (χ0n) is 11.6. The molecule has 118 valence electrons. The normalized spacial score (nSPS) is 31.7. The minimum absolute atomic E-state index is 0.0207. The Kier molecular flexibility index (Phi) is 3.37. The van der Waals surface area contributed by atoms with E-state index in [9.17, 15) is 24.9 Å². The van der Waals surface area contributed by atoms with Crippen LogP contribution in [0.1, 0.15) is 13.2 Å². The van der Waals surface area contributed by atoms with Crippen molar-refractivity contribution in [3.05, 3.63) is 39.2 Å². The lowest BCUT2D eigenvalue weighted by molar-refractivity contribution is -0.0964. The summed E-state index contributed by atoms with van der Waals surface area (Å²) < 4.78 is 6.77. The van der Waals surface area contributed by atoms with Crippen LogP contribution in [0.15, 0.2) is 27.9 Å². The maximum absolute atomic E-state index is 11.8. The van der Waals surface area contributed by atoms with E-state index in [1.54, 1.807) is 0 Å². The summed E-state index contributed by atoms with van der Waals surface area (Å²) in [6, 6.07) is 3.00. The Morgan fingerprint density at radius 3 is 2.86 bits per heavy atom. The van der Waals surface area contributed by atoms with Gasteiger partial charge in [-0.15, -0.1) is 0 Å². The molecular weight excluding hydrogens is 294 g/mol. The van der Waals surface area contributed by atoms with Crippen molar-refractivity contribution in [3.8, 4) is 11.4 Å². The van der Waals surface area contributed by atoms with Gasteiger partial charge < -0.3 is 24.6 Å². The third kappa shape index (κ3) is 2.06. The molecular formula is C13H15N3O6. The minimum atomic E-state index is -1.74. The number of aromatic nitrogens is 3. The highest BCUT2D eigenvalue weighted by Gasteiger charge is 2.53. The standard InChI is InChI=1S/C13H15N3O6/c1-13(21)8(18)7(5-17)22-11(13)16-4-2-3-6-9(16)14-12(20)15-10(6)19/h2-4,7-8,11,17-18,21H,5H2,1H3,(H,15,19,20)/t7?,8?,11?,13-/m1/s1. The number of aliphatic hydroxyl groups excluding tert-OH is 2. The van der Waals surface area contributed by atoms with Gasteiger partial charge in [0.15, 0.2) is 12.1 Å². The maximum Gasteiger partial charge on any atom is 0.349 e. The smallest absolute Gasteiger partial charge is 0.349 e. The zero-order chi connectivity index (χ0) is 16.1. The van der Waals surface area contributed by atoms with Gasteiger partial charge >= 0.3 is 5.69 Å². The molecule has 0 aromatic rings. The number of nitrogens with one attached hydrogen (secondary N) is 1. The quantitative estimate of drug-likeness (QED) is 0.505. The molecule has 0 spiro atoms. The van der Waals surface area contributed by atoms with E-state index < -0.39 is 41.9 Å². The van der Waals surface area contributed by atoms with Crippen molar-refractivity contribution in [3.63, 3.8) is 0 Å². The molecule has 0 aromatic carbocycles. The lowest BCUT2D eigenvalue weighted by Crippen LogP contribution is -2.44. The highest BCUT2D eigenvalue weighted by Crippen LogP contribution is 2.39. The van der Waals surface area contributed by atoms with Crippen LogP contribution < -0.4 is 11.2 Å². The van der Waals surface area contributed by atoms with E-state index in [4.69, 9.17) is 4.74 Å². The number of hydrogen-bond donors (Lipinski definition) is 4. The second-order valence-corrected chi connectivity index (χ2v) is 5.40. The summed E-state index contributed by atoms with van der Waals surface area (Å²) >= 11 is 0. The van der Waals surface area contributed by atoms with Crippen molar-refractivity contribution >= 4 is 0 Å². The molecule has 22 heavy (non-hydrogen) atoms. The van der Waals surface area contributed by atoms with E-state index in [0.29, 0.717) is 0 Å². The van der Waals surface area contributed by atoms with Crippen molar-refractivity contribution in [1.82, 2.24) is 14.5 Å². The largest absolute Gasteiger partial charge is 0.394 e. The highest BCUT2D eigenvalue weighted by atomic mass is 16.6. The van der Waals surface area contributed by atoms with Crippen LogP contribution in [-0.4, -0.2) is 54.3 Å². The molecule has 0 saturated carbocycles. The van der Waals surface area contributed by atoms with Crippen LogP contribution in [0.25, 0.3) is 11.4 Å². The summed E-state index contributed by atoms with van der Waals surface area (Å²) in [6.07, 6.45) is -1.97. The Morgan fingerprint density at radius 1 is 1.50 bits per heavy atom. The molecule has 1 saturated heterocycles. The summed E-state index contributed by atoms with van der Waals surface area (Å²) in [5.74, 6) is 0.0207. The Morgan fingerprint density at radius 2 is 2.23 bits per heavy atom. The molecule has 3 aliphatic heterocycles. The van der Waals surface area contributed by atoms with Gasteiger partial charge in [0.05, 0.1) is 12.2 Å². The van der Waals surface area contributed by atoms with E-state index in [2.05, 4.69) is 9.97 Å². The fourth-order valence-electron chi connectivity index (χ4n) is 2.68. The molecule has 9 heteroatoms. The van der Waals surface area contributed by atoms with E-state index in [-0.39, 0.29) is 11.4 Å². The van der Waals surface area contributed by atoms with Gasteiger partial charge in [-0.25, -0.2) is 4.79 Å². The fourth-order valence-corrected chi connectivity index (χ4v) is 2.68. The predicted octanol–water partition coefficient (Wildman–Crippen LogP) is -1.96. The number of H-pyrrole nitrogens is 1. The van der Waals surface area contributed by atoms with Crippen LogP contribution in [0.2, 0.25) is 0 Å². The molecule has 3 rings (SSSR count). The summed E-state index contributed by atoms with van der Waals surface area (Å²) in [7, 11) is 0. The lowest BCUT2D eigenvalue weighted by Gasteiger charge is -2.29. The molecule has 4 atom stereocenters. The van der Waals surface area contributed by atoms with Crippen molar-refractivity contribution in [2.75, 3.05) is 6.61 Å². The Balaban J connectivity index is 2.19. The molecule has 4 N–H and O–H groups in total. The van der Waals surface area contributed by atoms with Gasteiger partial charge in [-0.2, -0.15) is 4.98 Å². The number of aromatic amines is 1. The molecule has 0 radical (unpaired) electrons. The van der Waals surface area contributed by atoms with Crippen LogP contribution in [0, 0.1) is 0 Å². The molecule has 3 heterocycles. The molecule has 0 amide bonds. The lowest BCUT2D eigenvalue weighted by atomic mass is 9.96. The van der Waals surface area contributed by atoms with Gasteiger partial charge in [0.2, 0.25) is 0 Å². The second-order valence-electron chi connectivity index (χ2n) is 5.40. The Bertz CT molecular complexity index is 782. The predicted molar refractivity (Wildman–Crippen MR) is 73.4 cm³/mol. The number of hydrogen-bond acceptors (Lipinski definition) is 7. The average Bonchev–Trinajstić information content (AvgIpc) is 2.69. The van der Waals surface area contributed by atoms with E-state index in [1.165, 1.54) is 29.8 Å². The van der Waals surface area contributed by atoms with E-state index >= 15 is 0 Å². The first kappa shape index (κ1) is 14.9. The van der Waals surface area contributed by atoms with Crippen molar-refractivity contribution in [1.29, 1.82) is 0 Å². The monoisotopic (exact) mass is 309 g/mol. The minimum Gasteiger partial charge on any atom is -0.394 e. The zero-order valence-corrected chi connectivity index (χ0v) is 11.6. The van der Waals surface area contributed by atoms with Crippen LogP contribution in [0.5, 0.6) is 0 Å². The average molecular weight is 309 g/mol. The van der Waals surface area contributed by atoms with Crippen molar-refractivity contribution in [2.45, 2.75) is 31.0 Å². The van der Waals surface area contributed by atoms with Gasteiger partial charge in [0.25, 0.3) is 5.56 Å². The van der Waals surface area contributed by atoms with Crippen molar-refractivity contribution in [2.24, 2.45) is 0 Å². The summed E-state index contributed by atoms with van der Waals surface area (Å²) in [4.78, 5) is 29.0. The van der Waals surface area contributed by atoms with Gasteiger partial charge in [0.1, 0.15) is 17.8 Å². The third-order valence-electron chi connectivity index (χ3n) is 3.85. The van der Waals surface area contributed by atoms with E-state index in [1.807, 2.05) is 0 Å². The number of pyridine rings is 1. The van der Waals surface area contributed by atoms with Crippen LogP contribution >= 0.6 is 0 Å². The second kappa shape index (κ2) is 4.99. The number of nitrogens with zero attached hydrogens (tertiary/aromatic N) is 2. The first-order valence-corrected chi connectivity index (χ1v) is 6.64. The topological polar surface area (TPSA) is 138 Å². The highest BCUT2D eigenvalue weighted by molar-refractivity contribution is 5.54. The van der Waals surface area contributed by atoms with Crippen LogP contribution in [-0.2, 0) is 4.74 Å². The molecule has 1 fully saturated rings. The number of fused-ring (bicyclic) bond motifs is 1. The Hall–Kier alpha value is -2.07. The third-order valence-corrected chi connectivity index (χ3v) is 3.85. The van der Waals surface area contributed by atoms with Gasteiger partial charge in [-0.05, 0) is 19.1 Å². The Labute approximate surface area is 123 Å². The van der Waals surface area contributed by atoms with Crippen molar-refractivity contribution < 1.29 is 20.1 Å². The fraction of sp³-hybridized carbons (Fsp3) is 0.462. The SMILES string of the molecule is C[C@@]1(O)C(O)C(CO)OC1n1cccc2c(=O)[nH]c(=O)nc1-2. The van der Waals surface area contributed by atoms with Gasteiger partial charge in [0, 0.05) is 6.20 Å². The molecule has 9 nitrogen and oxygen atoms in total. The number of aliphatic hydroxyl groups is 3. The van der Waals surface area contributed by atoms with Crippen LogP contribution in [0.3, 0.4) is 0 Å². The summed E-state index contributed by atoms with van der Waals surface area (Å²) in [6.45, 7) is 0.856. The van der Waals surface area contributed by atoms with E-state index in [0.717, 1.165) is 0 Å². The van der Waals surface area contributed by atoms with Gasteiger partial charge in [-0.1, -0.05) is 0 Å². The molecule has 0 aromatic heterocycles. The van der Waals surface area contributed by atoms with Gasteiger partial charge in [-0.3, -0.25) is 9.78 Å². The summed E-state index contributed by atoms with van der Waals surface area (Å²) in [5.41, 5.74) is -3.03. The number of ether oxygens (including phenoxy) is 1.